The molecule has 1 atom stereocenters. The highest BCUT2D eigenvalue weighted by Crippen LogP contribution is 2.23. The number of aliphatic carboxylic acids is 1. The number of carboxylic acids is 1. The molecule has 0 fully saturated rings. The highest BCUT2D eigenvalue weighted by atomic mass is 19.1. The van der Waals surface area contributed by atoms with Crippen molar-refractivity contribution in [2.24, 2.45) is 5.73 Å². The van der Waals surface area contributed by atoms with Crippen LogP contribution < -0.4 is 5.73 Å². The van der Waals surface area contributed by atoms with E-state index in [2.05, 4.69) is 0 Å². The SMILES string of the molecule is Cc1ccc(CC(N)(CF)C(=O)O)c(O)c1. The van der Waals surface area contributed by atoms with Crippen molar-refractivity contribution in [3.63, 3.8) is 0 Å². The number of carboxylic acid groups (broad SMARTS) is 1. The van der Waals surface area contributed by atoms with Crippen molar-refractivity contribution < 1.29 is 19.4 Å². The van der Waals surface area contributed by atoms with Gasteiger partial charge in [-0.1, -0.05) is 12.1 Å². The van der Waals surface area contributed by atoms with E-state index in [0.29, 0.717) is 5.56 Å². The number of phenolic OH excluding ortho intramolecular Hbond substituents is 1. The number of halogens is 1. The predicted molar refractivity (Wildman–Crippen MR) is 57.1 cm³/mol. The Morgan fingerprint density at radius 3 is 2.62 bits per heavy atom. The third-order valence-corrected chi connectivity index (χ3v) is 2.41. The van der Waals surface area contributed by atoms with Crippen molar-refractivity contribution in [3.8, 4) is 5.75 Å². The minimum absolute atomic E-state index is 0.0653. The van der Waals surface area contributed by atoms with E-state index in [4.69, 9.17) is 10.8 Å². The molecule has 0 spiro atoms. The first-order valence-corrected chi connectivity index (χ1v) is 4.76. The number of phenols is 1. The van der Waals surface area contributed by atoms with Crippen molar-refractivity contribution in [2.45, 2.75) is 18.9 Å². The average molecular weight is 227 g/mol. The lowest BCUT2D eigenvalue weighted by molar-refractivity contribution is -0.143. The molecule has 4 N–H and O–H groups in total. The Balaban J connectivity index is 2.99. The molecule has 0 aromatic heterocycles. The van der Waals surface area contributed by atoms with Crippen molar-refractivity contribution >= 4 is 5.97 Å². The van der Waals surface area contributed by atoms with Gasteiger partial charge in [-0.15, -0.1) is 0 Å². The summed E-state index contributed by atoms with van der Waals surface area (Å²) in [6, 6.07) is 4.73. The quantitative estimate of drug-likeness (QED) is 0.716. The predicted octanol–water partition coefficient (Wildman–Crippen LogP) is 0.995. The van der Waals surface area contributed by atoms with Gasteiger partial charge < -0.3 is 15.9 Å². The molecule has 0 aliphatic rings. The summed E-state index contributed by atoms with van der Waals surface area (Å²) in [5, 5.41) is 18.4. The summed E-state index contributed by atoms with van der Waals surface area (Å²) < 4.78 is 12.6. The van der Waals surface area contributed by atoms with E-state index in [1.54, 1.807) is 19.1 Å². The molecule has 1 aromatic carbocycles. The summed E-state index contributed by atoms with van der Waals surface area (Å²) in [6.45, 7) is 0.598. The van der Waals surface area contributed by atoms with Gasteiger partial charge >= 0.3 is 5.97 Å². The minimum Gasteiger partial charge on any atom is -0.508 e. The van der Waals surface area contributed by atoms with E-state index in [1.807, 2.05) is 0 Å². The zero-order valence-electron chi connectivity index (χ0n) is 8.90. The second-order valence-corrected chi connectivity index (χ2v) is 3.90. The summed E-state index contributed by atoms with van der Waals surface area (Å²) >= 11 is 0. The number of hydrogen-bond acceptors (Lipinski definition) is 3. The summed E-state index contributed by atoms with van der Waals surface area (Å²) in [7, 11) is 0. The van der Waals surface area contributed by atoms with Crippen LogP contribution in [0, 0.1) is 6.92 Å². The molecule has 0 aliphatic heterocycles. The van der Waals surface area contributed by atoms with E-state index in [0.717, 1.165) is 5.56 Å². The third-order valence-electron chi connectivity index (χ3n) is 2.41. The van der Waals surface area contributed by atoms with Crippen molar-refractivity contribution in [3.05, 3.63) is 29.3 Å². The number of alkyl halides is 1. The Bertz CT molecular complexity index is 408. The number of hydrogen-bond donors (Lipinski definition) is 3. The van der Waals surface area contributed by atoms with Crippen LogP contribution >= 0.6 is 0 Å². The molecule has 1 unspecified atom stereocenters. The van der Waals surface area contributed by atoms with Gasteiger partial charge in [0.1, 0.15) is 18.0 Å². The molecule has 5 heteroatoms. The molecule has 0 heterocycles. The zero-order chi connectivity index (χ0) is 12.3. The van der Waals surface area contributed by atoms with Gasteiger partial charge in [0.25, 0.3) is 0 Å². The number of carbonyl (C=O) groups is 1. The summed E-state index contributed by atoms with van der Waals surface area (Å²) in [5.74, 6) is -1.49. The van der Waals surface area contributed by atoms with Crippen molar-refractivity contribution in [2.75, 3.05) is 6.67 Å². The van der Waals surface area contributed by atoms with Gasteiger partial charge in [-0.25, -0.2) is 4.39 Å². The van der Waals surface area contributed by atoms with E-state index in [9.17, 15) is 14.3 Å². The first-order chi connectivity index (χ1) is 7.39. The molecule has 88 valence electrons. The van der Waals surface area contributed by atoms with Crippen LogP contribution in [-0.4, -0.2) is 28.4 Å². The molecule has 4 nitrogen and oxygen atoms in total. The van der Waals surface area contributed by atoms with Crippen LogP contribution in [0.3, 0.4) is 0 Å². The summed E-state index contributed by atoms with van der Waals surface area (Å²) in [4.78, 5) is 10.8. The number of benzene rings is 1. The van der Waals surface area contributed by atoms with Crippen LogP contribution in [-0.2, 0) is 11.2 Å². The van der Waals surface area contributed by atoms with Crippen molar-refractivity contribution in [1.29, 1.82) is 0 Å². The average Bonchev–Trinajstić information content (AvgIpc) is 2.22. The number of aryl methyl sites for hydroxylation is 1. The summed E-state index contributed by atoms with van der Waals surface area (Å²) in [6.07, 6.45) is -0.245. The molecule has 1 rings (SSSR count). The number of nitrogens with two attached hydrogens (primary N) is 1. The van der Waals surface area contributed by atoms with Gasteiger partial charge in [0.05, 0.1) is 0 Å². The zero-order valence-corrected chi connectivity index (χ0v) is 8.90. The van der Waals surface area contributed by atoms with Gasteiger partial charge in [0.2, 0.25) is 0 Å². The fourth-order valence-corrected chi connectivity index (χ4v) is 1.34. The van der Waals surface area contributed by atoms with E-state index < -0.39 is 18.2 Å². The van der Waals surface area contributed by atoms with Crippen LogP contribution in [0.25, 0.3) is 0 Å². The van der Waals surface area contributed by atoms with Crippen LogP contribution in [0.2, 0.25) is 0 Å². The smallest absolute Gasteiger partial charge is 0.326 e. The maximum atomic E-state index is 12.6. The van der Waals surface area contributed by atoms with E-state index in [1.165, 1.54) is 6.07 Å². The largest absolute Gasteiger partial charge is 0.508 e. The fourth-order valence-electron chi connectivity index (χ4n) is 1.34. The Morgan fingerprint density at radius 1 is 1.56 bits per heavy atom. The minimum atomic E-state index is -1.98. The molecule has 0 aliphatic carbocycles. The molecule has 0 amide bonds. The molecule has 0 bridgehead atoms. The van der Waals surface area contributed by atoms with Gasteiger partial charge in [-0.2, -0.15) is 0 Å². The Hall–Kier alpha value is -1.62. The second-order valence-electron chi connectivity index (χ2n) is 3.90. The molecular weight excluding hydrogens is 213 g/mol. The lowest BCUT2D eigenvalue weighted by atomic mass is 9.92. The van der Waals surface area contributed by atoms with Gasteiger partial charge in [-0.3, -0.25) is 4.79 Å². The highest BCUT2D eigenvalue weighted by Gasteiger charge is 2.35. The summed E-state index contributed by atoms with van der Waals surface area (Å²) in [5.41, 5.74) is 4.57. The van der Waals surface area contributed by atoms with Crippen LogP contribution in [0.4, 0.5) is 4.39 Å². The molecule has 0 saturated heterocycles. The van der Waals surface area contributed by atoms with Crippen molar-refractivity contribution in [1.82, 2.24) is 0 Å². The second kappa shape index (κ2) is 4.49. The number of aromatic hydroxyl groups is 1. The van der Waals surface area contributed by atoms with Crippen LogP contribution in [0.1, 0.15) is 11.1 Å². The van der Waals surface area contributed by atoms with Gasteiger partial charge in [0.15, 0.2) is 0 Å². The lowest BCUT2D eigenvalue weighted by Gasteiger charge is -2.21. The van der Waals surface area contributed by atoms with Gasteiger partial charge in [0, 0.05) is 6.42 Å². The molecule has 0 radical (unpaired) electrons. The fraction of sp³-hybridized carbons (Fsp3) is 0.364. The number of rotatable bonds is 4. The third kappa shape index (κ3) is 2.49. The molecule has 16 heavy (non-hydrogen) atoms. The standard InChI is InChI=1S/C11H14FNO3/c1-7-2-3-8(9(14)4-7)5-11(13,6-12)10(15)16/h2-4,14H,5-6,13H2,1H3,(H,15,16). The molecule has 0 saturated carbocycles. The van der Waals surface area contributed by atoms with Gasteiger partial charge in [-0.05, 0) is 24.1 Å². The lowest BCUT2D eigenvalue weighted by Crippen LogP contribution is -2.52. The molecular formula is C11H14FNO3. The first-order valence-electron chi connectivity index (χ1n) is 4.76. The first kappa shape index (κ1) is 12.4. The van der Waals surface area contributed by atoms with E-state index >= 15 is 0 Å². The molecule has 1 aromatic rings. The maximum Gasteiger partial charge on any atom is 0.326 e. The normalized spacial score (nSPS) is 14.4. The van der Waals surface area contributed by atoms with E-state index in [-0.39, 0.29) is 12.2 Å². The topological polar surface area (TPSA) is 83.6 Å². The Kier molecular flexibility index (Phi) is 3.49. The Morgan fingerprint density at radius 2 is 2.19 bits per heavy atom. The van der Waals surface area contributed by atoms with Crippen LogP contribution in [0.15, 0.2) is 18.2 Å². The highest BCUT2D eigenvalue weighted by molar-refractivity contribution is 5.79. The van der Waals surface area contributed by atoms with Crippen LogP contribution in [0.5, 0.6) is 5.75 Å². The Labute approximate surface area is 92.5 Å². The monoisotopic (exact) mass is 227 g/mol. The maximum absolute atomic E-state index is 12.6.